The number of hydrogen-bond acceptors (Lipinski definition) is 4. The summed E-state index contributed by atoms with van der Waals surface area (Å²) in [6.45, 7) is 8.53. The Morgan fingerprint density at radius 3 is 1.53 bits per heavy atom. The zero-order valence-electron chi connectivity index (χ0n) is 22.8. The van der Waals surface area contributed by atoms with E-state index in [1.807, 2.05) is 24.3 Å². The van der Waals surface area contributed by atoms with Crippen LogP contribution in [-0.4, -0.2) is 37.1 Å². The van der Waals surface area contributed by atoms with Gasteiger partial charge in [0.25, 0.3) is 11.8 Å². The number of hydrogen-bond donors (Lipinski definition) is 2. The van der Waals surface area contributed by atoms with Crippen LogP contribution >= 0.6 is 31.9 Å². The minimum Gasteiger partial charge on any atom is -0.483 e. The predicted octanol–water partition coefficient (Wildman–Crippen LogP) is 7.24. The van der Waals surface area contributed by atoms with Crippen LogP contribution in [0, 0.1) is 0 Å². The first-order chi connectivity index (χ1) is 18.2. The first-order valence-corrected chi connectivity index (χ1v) is 15.2. The number of benzene rings is 2. The third-order valence-electron chi connectivity index (χ3n) is 7.45. The van der Waals surface area contributed by atoms with Crippen molar-refractivity contribution < 1.29 is 19.1 Å². The molecule has 1 aliphatic carbocycles. The Balaban J connectivity index is 1.49. The molecule has 38 heavy (non-hydrogen) atoms. The number of carbonyl (C=O) groups excluding carboxylic acids is 2. The van der Waals surface area contributed by atoms with Crippen molar-refractivity contribution in [1.82, 2.24) is 10.6 Å². The summed E-state index contributed by atoms with van der Waals surface area (Å²) in [5.41, 5.74) is 2.47. The Bertz CT molecular complexity index is 1010. The largest absolute Gasteiger partial charge is 0.483 e. The molecule has 0 heterocycles. The Morgan fingerprint density at radius 1 is 0.789 bits per heavy atom. The Labute approximate surface area is 243 Å². The first kappa shape index (κ1) is 30.5. The molecule has 0 saturated heterocycles. The van der Waals surface area contributed by atoms with E-state index in [1.165, 1.54) is 11.1 Å². The zero-order valence-corrected chi connectivity index (χ0v) is 26.0. The van der Waals surface area contributed by atoms with E-state index in [-0.39, 0.29) is 37.1 Å². The summed E-state index contributed by atoms with van der Waals surface area (Å²) in [6, 6.07) is 11.7. The summed E-state index contributed by atoms with van der Waals surface area (Å²) >= 11 is 7.12. The highest BCUT2D eigenvalue weighted by molar-refractivity contribution is 9.10. The van der Waals surface area contributed by atoms with Crippen LogP contribution in [0.5, 0.6) is 11.5 Å². The van der Waals surface area contributed by atoms with Gasteiger partial charge in [-0.05, 0) is 105 Å². The third-order valence-corrected chi connectivity index (χ3v) is 8.69. The molecular formula is C30H40Br2N2O4. The van der Waals surface area contributed by atoms with Crippen molar-refractivity contribution >= 4 is 43.7 Å². The molecular weight excluding hydrogens is 612 g/mol. The van der Waals surface area contributed by atoms with Gasteiger partial charge in [0.1, 0.15) is 11.5 Å². The molecule has 1 aliphatic rings. The molecule has 0 bridgehead atoms. The van der Waals surface area contributed by atoms with Gasteiger partial charge in [0.2, 0.25) is 0 Å². The fraction of sp³-hybridized carbons (Fsp3) is 0.533. The van der Waals surface area contributed by atoms with Crippen molar-refractivity contribution in [3.63, 3.8) is 0 Å². The highest BCUT2D eigenvalue weighted by atomic mass is 79.9. The van der Waals surface area contributed by atoms with Crippen LogP contribution in [0.2, 0.25) is 0 Å². The topological polar surface area (TPSA) is 76.7 Å². The summed E-state index contributed by atoms with van der Waals surface area (Å²) in [4.78, 5) is 25.4. The van der Waals surface area contributed by atoms with Gasteiger partial charge in [-0.25, -0.2) is 0 Å². The second kappa shape index (κ2) is 14.9. The minimum absolute atomic E-state index is 0.0811. The molecule has 0 radical (unpaired) electrons. The zero-order chi connectivity index (χ0) is 27.7. The number of carbonyl (C=O) groups is 2. The molecule has 3 rings (SSSR count). The molecule has 4 atom stereocenters. The fourth-order valence-electron chi connectivity index (χ4n) is 4.61. The van der Waals surface area contributed by atoms with Gasteiger partial charge in [0, 0.05) is 12.1 Å². The lowest BCUT2D eigenvalue weighted by Gasteiger charge is -2.32. The predicted molar refractivity (Wildman–Crippen MR) is 159 cm³/mol. The Morgan fingerprint density at radius 2 is 1.18 bits per heavy atom. The standard InChI is InChI=1S/C30H40Br2N2O4/c1-5-19(3)21-11-13-27(23(31)15-21)37-17-29(35)33-25-9-7-8-10-26(25)34-30(36)18-38-28-14-12-22(16-24(28)32)20(4)6-2/h11-16,19-20,25-26H,5-10,17-18H2,1-4H3,(H,33,35)(H,34,36). The number of ether oxygens (including phenoxy) is 2. The smallest absolute Gasteiger partial charge is 0.258 e. The van der Waals surface area contributed by atoms with Crippen molar-refractivity contribution in [3.8, 4) is 11.5 Å². The quantitative estimate of drug-likeness (QED) is 0.254. The highest BCUT2D eigenvalue weighted by Crippen LogP contribution is 2.31. The Hall–Kier alpha value is -2.06. The van der Waals surface area contributed by atoms with E-state index in [4.69, 9.17) is 9.47 Å². The molecule has 0 aliphatic heterocycles. The van der Waals surface area contributed by atoms with Gasteiger partial charge in [0.15, 0.2) is 13.2 Å². The first-order valence-electron chi connectivity index (χ1n) is 13.6. The van der Waals surface area contributed by atoms with E-state index < -0.39 is 0 Å². The lowest BCUT2D eigenvalue weighted by molar-refractivity contribution is -0.127. The normalized spacial score (nSPS) is 18.8. The van der Waals surface area contributed by atoms with Crippen LogP contribution in [0.3, 0.4) is 0 Å². The maximum absolute atomic E-state index is 12.7. The second-order valence-corrected chi connectivity index (χ2v) is 11.9. The monoisotopic (exact) mass is 650 g/mol. The van der Waals surface area contributed by atoms with Crippen LogP contribution in [-0.2, 0) is 9.59 Å². The number of rotatable bonds is 12. The highest BCUT2D eigenvalue weighted by Gasteiger charge is 2.28. The molecule has 1 fully saturated rings. The van der Waals surface area contributed by atoms with Gasteiger partial charge in [-0.3, -0.25) is 9.59 Å². The maximum Gasteiger partial charge on any atom is 0.258 e. The van der Waals surface area contributed by atoms with Crippen molar-refractivity contribution in [2.45, 2.75) is 90.1 Å². The van der Waals surface area contributed by atoms with Crippen LogP contribution < -0.4 is 20.1 Å². The molecule has 2 amide bonds. The summed E-state index contributed by atoms with van der Waals surface area (Å²) in [7, 11) is 0. The molecule has 0 spiro atoms. The fourth-order valence-corrected chi connectivity index (χ4v) is 5.63. The van der Waals surface area contributed by atoms with E-state index in [1.54, 1.807) is 0 Å². The minimum atomic E-state index is -0.198. The summed E-state index contributed by atoms with van der Waals surface area (Å²) in [5, 5.41) is 6.13. The summed E-state index contributed by atoms with van der Waals surface area (Å²) in [6.07, 6.45) is 5.76. The van der Waals surface area contributed by atoms with Crippen molar-refractivity contribution in [1.29, 1.82) is 0 Å². The number of nitrogens with one attached hydrogen (secondary N) is 2. The SMILES string of the molecule is CCC(C)c1ccc(OCC(=O)NC2CCCCC2NC(=O)COc2ccc(C(C)CC)cc2Br)c(Br)c1. The molecule has 8 heteroatoms. The van der Waals surface area contributed by atoms with Crippen LogP contribution in [0.25, 0.3) is 0 Å². The van der Waals surface area contributed by atoms with Gasteiger partial charge in [0.05, 0.1) is 8.95 Å². The second-order valence-electron chi connectivity index (χ2n) is 10.2. The average Bonchev–Trinajstić information content (AvgIpc) is 2.91. The van der Waals surface area contributed by atoms with Crippen LogP contribution in [0.1, 0.15) is 89.2 Å². The molecule has 2 aromatic rings. The Kier molecular flexibility index (Phi) is 12.0. The molecule has 208 valence electrons. The molecule has 1 saturated carbocycles. The van der Waals surface area contributed by atoms with Crippen molar-refractivity contribution in [2.75, 3.05) is 13.2 Å². The maximum atomic E-state index is 12.7. The van der Waals surface area contributed by atoms with Gasteiger partial charge >= 0.3 is 0 Å². The summed E-state index contributed by atoms with van der Waals surface area (Å²) in [5.74, 6) is 1.81. The van der Waals surface area contributed by atoms with Crippen molar-refractivity contribution in [2.24, 2.45) is 0 Å². The van der Waals surface area contributed by atoms with Crippen molar-refractivity contribution in [3.05, 3.63) is 56.5 Å². The average molecular weight is 652 g/mol. The molecule has 4 unspecified atom stereocenters. The molecule has 0 aromatic heterocycles. The van der Waals surface area contributed by atoms with Gasteiger partial charge in [-0.1, -0.05) is 52.7 Å². The molecule has 2 N–H and O–H groups in total. The number of amides is 2. The van der Waals surface area contributed by atoms with E-state index in [9.17, 15) is 9.59 Å². The van der Waals surface area contributed by atoms with Crippen LogP contribution in [0.15, 0.2) is 45.3 Å². The van der Waals surface area contributed by atoms with Gasteiger partial charge < -0.3 is 20.1 Å². The third kappa shape index (κ3) is 8.73. The number of halogens is 2. The van der Waals surface area contributed by atoms with Crippen LogP contribution in [0.4, 0.5) is 0 Å². The molecule has 2 aromatic carbocycles. The van der Waals surface area contributed by atoms with E-state index >= 15 is 0 Å². The molecule has 6 nitrogen and oxygen atoms in total. The lowest BCUT2D eigenvalue weighted by atomic mass is 9.90. The van der Waals surface area contributed by atoms with Gasteiger partial charge in [-0.15, -0.1) is 0 Å². The summed E-state index contributed by atoms with van der Waals surface area (Å²) < 4.78 is 13.2. The van der Waals surface area contributed by atoms with E-state index in [0.717, 1.165) is 47.5 Å². The van der Waals surface area contributed by atoms with E-state index in [0.29, 0.717) is 23.3 Å². The van der Waals surface area contributed by atoms with Gasteiger partial charge in [-0.2, -0.15) is 0 Å². The van der Waals surface area contributed by atoms with E-state index in [2.05, 4.69) is 82.3 Å². The lowest BCUT2D eigenvalue weighted by Crippen LogP contribution is -2.54.